The molecule has 3 N–H and O–H groups in total. The summed E-state index contributed by atoms with van der Waals surface area (Å²) in [6.45, 7) is -0.102. The van der Waals surface area contributed by atoms with Crippen molar-refractivity contribution in [3.05, 3.63) is 48.4 Å². The summed E-state index contributed by atoms with van der Waals surface area (Å²) in [5, 5.41) is 7.20. The molecule has 8 nitrogen and oxygen atoms in total. The number of hydrogen-bond donors (Lipinski definition) is 3. The van der Waals surface area contributed by atoms with Crippen LogP contribution in [0.1, 0.15) is 5.76 Å². The maximum absolute atomic E-state index is 11.7. The largest absolute Gasteiger partial charge is 0.497 e. The Morgan fingerprint density at radius 3 is 2.42 bits per heavy atom. The molecule has 2 aromatic rings. The molecule has 0 aliphatic carbocycles. The number of furan rings is 1. The van der Waals surface area contributed by atoms with E-state index in [9.17, 15) is 14.4 Å². The number of rotatable bonds is 6. The number of hydrogen-bond acceptors (Lipinski definition) is 5. The lowest BCUT2D eigenvalue weighted by atomic mass is 10.3. The molecule has 0 radical (unpaired) electrons. The predicted octanol–water partition coefficient (Wildman–Crippen LogP) is 0.659. The fourth-order valence-corrected chi connectivity index (χ4v) is 1.76. The molecule has 0 saturated heterocycles. The molecule has 2 rings (SSSR count). The van der Waals surface area contributed by atoms with E-state index in [-0.39, 0.29) is 13.1 Å². The van der Waals surface area contributed by atoms with Crippen molar-refractivity contribution in [3.8, 4) is 5.75 Å². The topological polar surface area (TPSA) is 110 Å². The molecule has 0 fully saturated rings. The second-order valence-corrected chi connectivity index (χ2v) is 4.72. The van der Waals surface area contributed by atoms with Crippen LogP contribution in [0.4, 0.5) is 5.69 Å². The maximum Gasteiger partial charge on any atom is 0.313 e. The van der Waals surface area contributed by atoms with Gasteiger partial charge in [-0.05, 0) is 36.4 Å². The summed E-state index contributed by atoms with van der Waals surface area (Å²) in [4.78, 5) is 35.0. The normalized spacial score (nSPS) is 9.88. The summed E-state index contributed by atoms with van der Waals surface area (Å²) in [5.41, 5.74) is 0.443. The molecular formula is C16H17N3O5. The molecule has 0 bridgehead atoms. The van der Waals surface area contributed by atoms with Crippen LogP contribution in [-0.2, 0) is 20.9 Å². The van der Waals surface area contributed by atoms with E-state index in [1.165, 1.54) is 13.4 Å². The summed E-state index contributed by atoms with van der Waals surface area (Å²) in [5.74, 6) is -0.979. The number of carbonyl (C=O) groups excluding carboxylic acids is 3. The van der Waals surface area contributed by atoms with E-state index < -0.39 is 17.7 Å². The van der Waals surface area contributed by atoms with Crippen LogP contribution in [-0.4, -0.2) is 31.4 Å². The Hall–Kier alpha value is -3.29. The summed E-state index contributed by atoms with van der Waals surface area (Å²) in [6.07, 6.45) is 1.49. The number of amides is 3. The third kappa shape index (κ3) is 5.16. The smallest absolute Gasteiger partial charge is 0.313 e. The molecule has 8 heteroatoms. The number of nitrogens with one attached hydrogen (secondary N) is 3. The van der Waals surface area contributed by atoms with Crippen LogP contribution in [0.5, 0.6) is 5.75 Å². The van der Waals surface area contributed by atoms with Crippen LogP contribution in [0.2, 0.25) is 0 Å². The molecule has 0 unspecified atom stereocenters. The molecule has 0 saturated carbocycles. The Morgan fingerprint density at radius 1 is 1.04 bits per heavy atom. The Morgan fingerprint density at radius 2 is 1.79 bits per heavy atom. The second-order valence-electron chi connectivity index (χ2n) is 4.72. The Labute approximate surface area is 138 Å². The van der Waals surface area contributed by atoms with Gasteiger partial charge in [-0.1, -0.05) is 0 Å². The van der Waals surface area contributed by atoms with Gasteiger partial charge < -0.3 is 25.1 Å². The fourth-order valence-electron chi connectivity index (χ4n) is 1.76. The molecule has 1 aromatic heterocycles. The van der Waals surface area contributed by atoms with Gasteiger partial charge in [-0.3, -0.25) is 14.4 Å². The molecule has 1 aromatic carbocycles. The van der Waals surface area contributed by atoms with Crippen LogP contribution >= 0.6 is 0 Å². The molecular weight excluding hydrogens is 314 g/mol. The van der Waals surface area contributed by atoms with E-state index in [4.69, 9.17) is 9.15 Å². The average molecular weight is 331 g/mol. The van der Waals surface area contributed by atoms with Gasteiger partial charge in [0.15, 0.2) is 0 Å². The zero-order chi connectivity index (χ0) is 17.4. The van der Waals surface area contributed by atoms with Crippen LogP contribution in [0.25, 0.3) is 0 Å². The molecule has 3 amide bonds. The van der Waals surface area contributed by atoms with Gasteiger partial charge in [0.2, 0.25) is 5.91 Å². The highest BCUT2D eigenvalue weighted by molar-refractivity contribution is 6.39. The number of carbonyl (C=O) groups is 3. The minimum absolute atomic E-state index is 0.208. The minimum atomic E-state index is -0.904. The zero-order valence-corrected chi connectivity index (χ0v) is 13.0. The van der Waals surface area contributed by atoms with Crippen molar-refractivity contribution < 1.29 is 23.5 Å². The molecule has 24 heavy (non-hydrogen) atoms. The highest BCUT2D eigenvalue weighted by Crippen LogP contribution is 2.14. The Kier molecular flexibility index (Phi) is 5.95. The summed E-state index contributed by atoms with van der Waals surface area (Å²) in [7, 11) is 1.53. The van der Waals surface area contributed by atoms with Gasteiger partial charge in [0.1, 0.15) is 11.5 Å². The van der Waals surface area contributed by atoms with Gasteiger partial charge in [-0.2, -0.15) is 0 Å². The molecule has 1 heterocycles. The second kappa shape index (κ2) is 8.37. The lowest BCUT2D eigenvalue weighted by Gasteiger charge is -2.07. The van der Waals surface area contributed by atoms with Crippen molar-refractivity contribution in [2.24, 2.45) is 0 Å². The maximum atomic E-state index is 11.7. The first-order valence-electron chi connectivity index (χ1n) is 7.11. The van der Waals surface area contributed by atoms with Gasteiger partial charge in [0, 0.05) is 5.69 Å². The number of methoxy groups -OCH3 is 1. The van der Waals surface area contributed by atoms with Crippen LogP contribution in [0.15, 0.2) is 47.1 Å². The highest BCUT2D eigenvalue weighted by Gasteiger charge is 2.14. The van der Waals surface area contributed by atoms with Gasteiger partial charge in [0.05, 0.1) is 26.5 Å². The van der Waals surface area contributed by atoms with Crippen molar-refractivity contribution in [2.45, 2.75) is 6.54 Å². The standard InChI is InChI=1S/C16H17N3O5/c1-23-12-6-4-11(5-7-12)19-16(22)15(21)18-10-14(20)17-9-13-3-2-8-24-13/h2-8H,9-10H2,1H3,(H,17,20)(H,18,21)(H,19,22). The molecule has 0 atom stereocenters. The minimum Gasteiger partial charge on any atom is -0.497 e. The van der Waals surface area contributed by atoms with E-state index in [2.05, 4.69) is 16.0 Å². The predicted molar refractivity (Wildman–Crippen MR) is 85.2 cm³/mol. The monoisotopic (exact) mass is 331 g/mol. The first kappa shape index (κ1) is 17.1. The number of benzene rings is 1. The van der Waals surface area contributed by atoms with Crippen molar-refractivity contribution in [1.82, 2.24) is 10.6 Å². The number of anilines is 1. The van der Waals surface area contributed by atoms with Crippen LogP contribution in [0, 0.1) is 0 Å². The third-order valence-corrected chi connectivity index (χ3v) is 3.00. The third-order valence-electron chi connectivity index (χ3n) is 3.00. The first-order chi connectivity index (χ1) is 11.6. The van der Waals surface area contributed by atoms with Crippen molar-refractivity contribution in [3.63, 3.8) is 0 Å². The highest BCUT2D eigenvalue weighted by atomic mass is 16.5. The van der Waals surface area contributed by atoms with Gasteiger partial charge in [-0.15, -0.1) is 0 Å². The lowest BCUT2D eigenvalue weighted by Crippen LogP contribution is -2.41. The van der Waals surface area contributed by atoms with Gasteiger partial charge in [-0.25, -0.2) is 0 Å². The average Bonchev–Trinajstić information content (AvgIpc) is 3.12. The molecule has 0 aliphatic heterocycles. The molecule has 0 aliphatic rings. The van der Waals surface area contributed by atoms with Crippen LogP contribution in [0.3, 0.4) is 0 Å². The summed E-state index contributed by atoms with van der Waals surface area (Å²) >= 11 is 0. The SMILES string of the molecule is COc1ccc(NC(=O)C(=O)NCC(=O)NCc2ccco2)cc1. The van der Waals surface area contributed by atoms with Gasteiger partial charge >= 0.3 is 11.8 Å². The quantitative estimate of drug-likeness (QED) is 0.674. The van der Waals surface area contributed by atoms with Gasteiger partial charge in [0.25, 0.3) is 0 Å². The Balaban J connectivity index is 1.72. The zero-order valence-electron chi connectivity index (χ0n) is 13.0. The lowest BCUT2D eigenvalue weighted by molar-refractivity contribution is -0.136. The van der Waals surface area contributed by atoms with E-state index >= 15 is 0 Å². The van der Waals surface area contributed by atoms with E-state index in [0.29, 0.717) is 17.2 Å². The summed E-state index contributed by atoms with van der Waals surface area (Å²) in [6, 6.07) is 9.90. The summed E-state index contributed by atoms with van der Waals surface area (Å²) < 4.78 is 10.0. The first-order valence-corrected chi connectivity index (χ1v) is 7.11. The van der Waals surface area contributed by atoms with E-state index in [1.807, 2.05) is 0 Å². The van der Waals surface area contributed by atoms with Crippen molar-refractivity contribution in [2.75, 3.05) is 19.0 Å². The molecule has 0 spiro atoms. The number of ether oxygens (including phenoxy) is 1. The van der Waals surface area contributed by atoms with E-state index in [1.54, 1.807) is 36.4 Å². The molecule has 126 valence electrons. The van der Waals surface area contributed by atoms with Crippen molar-refractivity contribution >= 4 is 23.4 Å². The van der Waals surface area contributed by atoms with E-state index in [0.717, 1.165) is 0 Å². The van der Waals surface area contributed by atoms with Crippen LogP contribution < -0.4 is 20.7 Å². The Bertz CT molecular complexity index is 695. The van der Waals surface area contributed by atoms with Crippen molar-refractivity contribution in [1.29, 1.82) is 0 Å². The fraction of sp³-hybridized carbons (Fsp3) is 0.188.